The van der Waals surface area contributed by atoms with Crippen molar-refractivity contribution in [2.45, 2.75) is 12.1 Å². The quantitative estimate of drug-likeness (QED) is 0.386. The van der Waals surface area contributed by atoms with Gasteiger partial charge in [0.25, 0.3) is 5.69 Å². The molecule has 0 bridgehead atoms. The second-order valence-corrected chi connectivity index (χ2v) is 7.08. The Balaban J connectivity index is 1.73. The number of aryl methyl sites for hydroxylation is 1. The number of fused-ring (bicyclic) bond motifs is 1. The van der Waals surface area contributed by atoms with Crippen LogP contribution in [-0.2, 0) is 4.79 Å². The fraction of sp³-hybridized carbons (Fsp3) is 0.133. The number of carbonyl (C=O) groups excluding carboxylic acids is 1. The summed E-state index contributed by atoms with van der Waals surface area (Å²) in [5.74, 6) is -0.428. The molecular weight excluding hydrogens is 401 g/mol. The number of thioether (sulfide) groups is 1. The number of nitrogens with one attached hydrogen (secondary N) is 1. The lowest BCUT2D eigenvalue weighted by atomic mass is 10.2. The third-order valence-corrected chi connectivity index (χ3v) is 4.78. The molecule has 0 radical (unpaired) electrons. The largest absolute Gasteiger partial charge is 0.320 e. The first-order valence-corrected chi connectivity index (χ1v) is 8.97. The summed E-state index contributed by atoms with van der Waals surface area (Å²) in [6.45, 7) is 1.74. The van der Waals surface area contributed by atoms with E-state index in [0.717, 1.165) is 17.3 Å². The van der Waals surface area contributed by atoms with Gasteiger partial charge in [-0.25, -0.2) is 0 Å². The predicted molar refractivity (Wildman–Crippen MR) is 100 cm³/mol. The maximum Gasteiger partial charge on any atom is 0.293 e. The summed E-state index contributed by atoms with van der Waals surface area (Å²) in [7, 11) is 0. The van der Waals surface area contributed by atoms with E-state index in [1.807, 2.05) is 0 Å². The molecule has 0 saturated heterocycles. The SMILES string of the molecule is Cc1ccc(NC(=O)CSc2nnc3c(Cl)cc(Cl)cn23)c([N+](=O)[O-])c1. The van der Waals surface area contributed by atoms with Crippen molar-refractivity contribution < 1.29 is 9.72 Å². The third kappa shape index (κ3) is 3.90. The molecule has 26 heavy (non-hydrogen) atoms. The standard InChI is InChI=1S/C15H11Cl2N5O3S/c1-8-2-3-11(12(4-8)22(24)25)18-13(23)7-26-15-20-19-14-10(17)5-9(16)6-21(14)15/h2-6H,7H2,1H3,(H,18,23). The van der Waals surface area contributed by atoms with Gasteiger partial charge in [-0.05, 0) is 24.6 Å². The van der Waals surface area contributed by atoms with Crippen LogP contribution in [0.15, 0.2) is 35.6 Å². The molecule has 0 unspecified atom stereocenters. The zero-order valence-electron chi connectivity index (χ0n) is 13.3. The number of rotatable bonds is 5. The second kappa shape index (κ2) is 7.48. The summed E-state index contributed by atoms with van der Waals surface area (Å²) < 4.78 is 1.58. The van der Waals surface area contributed by atoms with E-state index in [9.17, 15) is 14.9 Å². The first-order chi connectivity index (χ1) is 12.3. The Hall–Kier alpha value is -2.36. The van der Waals surface area contributed by atoms with Gasteiger partial charge in [0, 0.05) is 12.3 Å². The summed E-state index contributed by atoms with van der Waals surface area (Å²) in [5.41, 5.74) is 1.14. The maximum absolute atomic E-state index is 12.2. The van der Waals surface area contributed by atoms with Gasteiger partial charge in [0.15, 0.2) is 10.8 Å². The highest BCUT2D eigenvalue weighted by atomic mass is 35.5. The lowest BCUT2D eigenvalue weighted by Gasteiger charge is -2.06. The van der Waals surface area contributed by atoms with Crippen LogP contribution < -0.4 is 5.32 Å². The minimum atomic E-state index is -0.536. The first kappa shape index (κ1) is 18.4. The van der Waals surface area contributed by atoms with Gasteiger partial charge in [0.2, 0.25) is 5.91 Å². The highest BCUT2D eigenvalue weighted by Gasteiger charge is 2.17. The normalized spacial score (nSPS) is 10.9. The van der Waals surface area contributed by atoms with Crippen LogP contribution in [0.1, 0.15) is 5.56 Å². The molecule has 0 aliphatic carbocycles. The zero-order valence-corrected chi connectivity index (χ0v) is 15.6. The number of hydrogen-bond donors (Lipinski definition) is 1. The lowest BCUT2D eigenvalue weighted by molar-refractivity contribution is -0.384. The predicted octanol–water partition coefficient (Wildman–Crippen LogP) is 3.98. The Morgan fingerprint density at radius 3 is 2.85 bits per heavy atom. The van der Waals surface area contributed by atoms with E-state index < -0.39 is 10.8 Å². The third-order valence-electron chi connectivity index (χ3n) is 3.35. The van der Waals surface area contributed by atoms with Crippen molar-refractivity contribution in [3.05, 3.63) is 56.2 Å². The van der Waals surface area contributed by atoms with Crippen LogP contribution in [-0.4, -0.2) is 31.2 Å². The van der Waals surface area contributed by atoms with Crippen molar-refractivity contribution in [3.8, 4) is 0 Å². The van der Waals surface area contributed by atoms with Crippen LogP contribution in [0, 0.1) is 17.0 Å². The summed E-state index contributed by atoms with van der Waals surface area (Å²) in [6, 6.07) is 6.14. The number of hydrogen-bond acceptors (Lipinski definition) is 6. The van der Waals surface area contributed by atoms with Crippen molar-refractivity contribution in [1.82, 2.24) is 14.6 Å². The number of amides is 1. The summed E-state index contributed by atoms with van der Waals surface area (Å²) in [4.78, 5) is 22.8. The molecule has 134 valence electrons. The monoisotopic (exact) mass is 411 g/mol. The van der Waals surface area contributed by atoms with Gasteiger partial charge in [-0.3, -0.25) is 19.3 Å². The first-order valence-electron chi connectivity index (χ1n) is 7.22. The number of benzene rings is 1. The van der Waals surface area contributed by atoms with Gasteiger partial charge in [-0.1, -0.05) is 41.0 Å². The van der Waals surface area contributed by atoms with Crippen LogP contribution >= 0.6 is 35.0 Å². The molecule has 11 heteroatoms. The minimum absolute atomic E-state index is 0.0179. The van der Waals surface area contributed by atoms with E-state index in [0.29, 0.717) is 20.8 Å². The smallest absolute Gasteiger partial charge is 0.293 e. The number of nitro groups is 1. The van der Waals surface area contributed by atoms with Gasteiger partial charge >= 0.3 is 0 Å². The molecule has 8 nitrogen and oxygen atoms in total. The van der Waals surface area contributed by atoms with E-state index in [-0.39, 0.29) is 17.1 Å². The summed E-state index contributed by atoms with van der Waals surface area (Å²) in [6.07, 6.45) is 1.59. The Morgan fingerprint density at radius 2 is 2.12 bits per heavy atom. The van der Waals surface area contributed by atoms with Crippen molar-refractivity contribution in [2.24, 2.45) is 0 Å². The molecule has 0 aliphatic heterocycles. The number of carbonyl (C=O) groups is 1. The Kier molecular flexibility index (Phi) is 5.30. The van der Waals surface area contributed by atoms with E-state index in [1.54, 1.807) is 29.7 Å². The number of pyridine rings is 1. The Morgan fingerprint density at radius 1 is 1.35 bits per heavy atom. The van der Waals surface area contributed by atoms with Crippen LogP contribution in [0.5, 0.6) is 0 Å². The fourth-order valence-corrected chi connectivity index (χ4v) is 3.43. The molecule has 0 fully saturated rings. The van der Waals surface area contributed by atoms with Gasteiger partial charge < -0.3 is 5.32 Å². The molecule has 0 atom stereocenters. The molecule has 3 rings (SSSR count). The molecule has 2 heterocycles. The maximum atomic E-state index is 12.2. The summed E-state index contributed by atoms with van der Waals surface area (Å²) in [5, 5.41) is 22.8. The molecule has 0 aliphatic rings. The average molecular weight is 412 g/mol. The van der Waals surface area contributed by atoms with Crippen molar-refractivity contribution in [2.75, 3.05) is 11.1 Å². The van der Waals surface area contributed by atoms with Crippen molar-refractivity contribution in [3.63, 3.8) is 0 Å². The number of nitro benzene ring substituents is 1. The van der Waals surface area contributed by atoms with E-state index in [1.165, 1.54) is 12.1 Å². The number of halogens is 2. The van der Waals surface area contributed by atoms with Gasteiger partial charge in [-0.15, -0.1) is 10.2 Å². The number of anilines is 1. The molecule has 1 aromatic carbocycles. The van der Waals surface area contributed by atoms with E-state index >= 15 is 0 Å². The van der Waals surface area contributed by atoms with Crippen LogP contribution in [0.3, 0.4) is 0 Å². The van der Waals surface area contributed by atoms with Gasteiger partial charge in [0.1, 0.15) is 5.69 Å². The molecule has 0 spiro atoms. The lowest BCUT2D eigenvalue weighted by Crippen LogP contribution is -2.15. The highest BCUT2D eigenvalue weighted by molar-refractivity contribution is 7.99. The van der Waals surface area contributed by atoms with Gasteiger partial charge in [0.05, 0.1) is 20.7 Å². The van der Waals surface area contributed by atoms with Gasteiger partial charge in [-0.2, -0.15) is 0 Å². The van der Waals surface area contributed by atoms with Crippen LogP contribution in [0.25, 0.3) is 5.65 Å². The Labute approximate surface area is 161 Å². The van der Waals surface area contributed by atoms with Crippen molar-refractivity contribution in [1.29, 1.82) is 0 Å². The molecule has 3 aromatic rings. The Bertz CT molecular complexity index is 1020. The zero-order chi connectivity index (χ0) is 18.8. The minimum Gasteiger partial charge on any atom is -0.320 e. The molecule has 1 amide bonds. The summed E-state index contributed by atoms with van der Waals surface area (Å²) >= 11 is 13.1. The number of aromatic nitrogens is 3. The fourth-order valence-electron chi connectivity index (χ4n) is 2.22. The van der Waals surface area contributed by atoms with E-state index in [4.69, 9.17) is 23.2 Å². The highest BCUT2D eigenvalue weighted by Crippen LogP contribution is 2.27. The van der Waals surface area contributed by atoms with Crippen LogP contribution in [0.2, 0.25) is 10.0 Å². The van der Waals surface area contributed by atoms with Crippen LogP contribution in [0.4, 0.5) is 11.4 Å². The second-order valence-electron chi connectivity index (χ2n) is 5.30. The number of nitrogens with zero attached hydrogens (tertiary/aromatic N) is 4. The molecule has 1 N–H and O–H groups in total. The molecule has 2 aromatic heterocycles. The van der Waals surface area contributed by atoms with E-state index in [2.05, 4.69) is 15.5 Å². The topological polar surface area (TPSA) is 102 Å². The van der Waals surface area contributed by atoms with Crippen molar-refractivity contribution >= 4 is 57.9 Å². The average Bonchev–Trinajstić information content (AvgIpc) is 2.97. The molecule has 0 saturated carbocycles. The molecular formula is C15H11Cl2N5O3S.